The molecule has 1 N–H and O–H groups in total. The molecule has 1 heterocycles. The predicted octanol–water partition coefficient (Wildman–Crippen LogP) is 1.40. The molecule has 1 amide bonds. The van der Waals surface area contributed by atoms with Crippen LogP contribution in [0.4, 0.5) is 0 Å². The Bertz CT molecular complexity index is 473. The highest BCUT2D eigenvalue weighted by Gasteiger charge is 2.43. The molecule has 0 spiro atoms. The normalized spacial score (nSPS) is 21.9. The summed E-state index contributed by atoms with van der Waals surface area (Å²) in [7, 11) is 0. The summed E-state index contributed by atoms with van der Waals surface area (Å²) in [5.41, 5.74) is 0.782. The van der Waals surface area contributed by atoms with Crippen molar-refractivity contribution in [1.29, 1.82) is 0 Å². The van der Waals surface area contributed by atoms with E-state index >= 15 is 0 Å². The molecule has 2 rings (SSSR count). The maximum Gasteiger partial charge on any atom is 0.242 e. The van der Waals surface area contributed by atoms with Gasteiger partial charge in [-0.25, -0.2) is 0 Å². The van der Waals surface area contributed by atoms with Gasteiger partial charge in [-0.15, -0.1) is 6.42 Å². The van der Waals surface area contributed by atoms with E-state index in [4.69, 9.17) is 6.42 Å². The van der Waals surface area contributed by atoms with Gasteiger partial charge < -0.3 is 4.90 Å². The van der Waals surface area contributed by atoms with Gasteiger partial charge in [-0.05, 0) is 25.8 Å². The third-order valence-electron chi connectivity index (χ3n) is 3.30. The molecule has 94 valence electrons. The third kappa shape index (κ3) is 2.39. The maximum atomic E-state index is 12.3. The molecule has 0 saturated carbocycles. The van der Waals surface area contributed by atoms with E-state index in [9.17, 15) is 4.79 Å². The number of carbonyl (C=O) groups is 1. The fourth-order valence-electron chi connectivity index (χ4n) is 2.38. The van der Waals surface area contributed by atoms with Crippen LogP contribution in [0.2, 0.25) is 0 Å². The Morgan fingerprint density at radius 3 is 2.67 bits per heavy atom. The molecule has 1 aliphatic heterocycles. The molecular weight excluding hydrogens is 224 g/mol. The second kappa shape index (κ2) is 4.83. The number of rotatable bonds is 3. The molecule has 3 nitrogen and oxygen atoms in total. The van der Waals surface area contributed by atoms with Crippen molar-refractivity contribution in [2.24, 2.45) is 0 Å². The van der Waals surface area contributed by atoms with Crippen molar-refractivity contribution in [3.8, 4) is 12.3 Å². The van der Waals surface area contributed by atoms with Gasteiger partial charge in [0.25, 0.3) is 0 Å². The quantitative estimate of drug-likeness (QED) is 0.813. The summed E-state index contributed by atoms with van der Waals surface area (Å²) < 4.78 is 0. The molecule has 0 unspecified atom stereocenters. The van der Waals surface area contributed by atoms with Crippen LogP contribution < -0.4 is 5.32 Å². The van der Waals surface area contributed by atoms with Gasteiger partial charge in [-0.3, -0.25) is 10.1 Å². The Kier molecular flexibility index (Phi) is 3.40. The average Bonchev–Trinajstić information content (AvgIpc) is 2.54. The minimum atomic E-state index is -0.372. The summed E-state index contributed by atoms with van der Waals surface area (Å²) in [6.07, 6.45) is 6.02. The molecular formula is C15H18N2O. The summed E-state index contributed by atoms with van der Waals surface area (Å²) in [5.74, 6) is 2.63. The van der Waals surface area contributed by atoms with Crippen molar-refractivity contribution in [2.75, 3.05) is 6.54 Å². The molecule has 1 atom stereocenters. The SMILES string of the molecule is C#CCN1C(=O)[C@H](Cc2ccccc2)NC1(C)C. The fourth-order valence-corrected chi connectivity index (χ4v) is 2.38. The fraction of sp³-hybridized carbons (Fsp3) is 0.400. The highest BCUT2D eigenvalue weighted by molar-refractivity contribution is 5.85. The van der Waals surface area contributed by atoms with Crippen LogP contribution in [0.3, 0.4) is 0 Å². The number of terminal acetylenes is 1. The van der Waals surface area contributed by atoms with Crippen molar-refractivity contribution in [3.63, 3.8) is 0 Å². The van der Waals surface area contributed by atoms with Gasteiger partial charge in [0.05, 0.1) is 18.2 Å². The maximum absolute atomic E-state index is 12.3. The summed E-state index contributed by atoms with van der Waals surface area (Å²) in [6.45, 7) is 4.31. The first-order chi connectivity index (χ1) is 8.54. The van der Waals surface area contributed by atoms with Crippen LogP contribution in [-0.4, -0.2) is 29.1 Å². The van der Waals surface area contributed by atoms with E-state index < -0.39 is 0 Å². The molecule has 1 aromatic rings. The monoisotopic (exact) mass is 242 g/mol. The van der Waals surface area contributed by atoms with Gasteiger partial charge in [0.2, 0.25) is 5.91 Å². The van der Waals surface area contributed by atoms with E-state index in [1.165, 1.54) is 0 Å². The number of benzene rings is 1. The molecule has 1 aromatic carbocycles. The Labute approximate surface area is 108 Å². The van der Waals surface area contributed by atoms with Gasteiger partial charge in [0, 0.05) is 0 Å². The molecule has 0 aliphatic carbocycles. The van der Waals surface area contributed by atoms with E-state index in [1.807, 2.05) is 44.2 Å². The summed E-state index contributed by atoms with van der Waals surface area (Å²) >= 11 is 0. The van der Waals surface area contributed by atoms with E-state index in [-0.39, 0.29) is 17.6 Å². The van der Waals surface area contributed by atoms with E-state index in [0.29, 0.717) is 13.0 Å². The lowest BCUT2D eigenvalue weighted by molar-refractivity contribution is -0.130. The number of nitrogens with one attached hydrogen (secondary N) is 1. The van der Waals surface area contributed by atoms with Gasteiger partial charge in [-0.2, -0.15) is 0 Å². The number of nitrogens with zero attached hydrogens (tertiary/aromatic N) is 1. The zero-order valence-electron chi connectivity index (χ0n) is 10.8. The number of carbonyl (C=O) groups excluding carboxylic acids is 1. The summed E-state index contributed by atoms with van der Waals surface area (Å²) in [6, 6.07) is 9.83. The average molecular weight is 242 g/mol. The molecule has 1 saturated heterocycles. The summed E-state index contributed by atoms with van der Waals surface area (Å²) in [5, 5.41) is 3.34. The van der Waals surface area contributed by atoms with Crippen LogP contribution in [-0.2, 0) is 11.2 Å². The van der Waals surface area contributed by atoms with E-state index in [1.54, 1.807) is 4.90 Å². The van der Waals surface area contributed by atoms with Gasteiger partial charge in [-0.1, -0.05) is 36.3 Å². The number of hydrogen-bond donors (Lipinski definition) is 1. The predicted molar refractivity (Wildman–Crippen MR) is 71.7 cm³/mol. The first-order valence-electron chi connectivity index (χ1n) is 6.11. The van der Waals surface area contributed by atoms with Crippen molar-refractivity contribution >= 4 is 5.91 Å². The number of hydrogen-bond acceptors (Lipinski definition) is 2. The minimum absolute atomic E-state index is 0.0850. The van der Waals surface area contributed by atoms with Gasteiger partial charge in [0.15, 0.2) is 0 Å². The van der Waals surface area contributed by atoms with Gasteiger partial charge >= 0.3 is 0 Å². The third-order valence-corrected chi connectivity index (χ3v) is 3.30. The lowest BCUT2D eigenvalue weighted by atomic mass is 10.1. The molecule has 18 heavy (non-hydrogen) atoms. The topological polar surface area (TPSA) is 32.3 Å². The first-order valence-corrected chi connectivity index (χ1v) is 6.11. The van der Waals surface area contributed by atoms with Crippen molar-refractivity contribution in [2.45, 2.75) is 32.0 Å². The lowest BCUT2D eigenvalue weighted by Crippen LogP contribution is -2.47. The van der Waals surface area contributed by atoms with Crippen LogP contribution >= 0.6 is 0 Å². The molecule has 1 fully saturated rings. The Hall–Kier alpha value is -1.79. The van der Waals surface area contributed by atoms with E-state index in [0.717, 1.165) is 5.56 Å². The van der Waals surface area contributed by atoms with Crippen molar-refractivity contribution in [1.82, 2.24) is 10.2 Å². The van der Waals surface area contributed by atoms with Crippen LogP contribution in [0.5, 0.6) is 0 Å². The van der Waals surface area contributed by atoms with Crippen molar-refractivity contribution in [3.05, 3.63) is 35.9 Å². The van der Waals surface area contributed by atoms with Crippen LogP contribution in [0, 0.1) is 12.3 Å². The Morgan fingerprint density at radius 2 is 2.06 bits per heavy atom. The molecule has 0 bridgehead atoms. The summed E-state index contributed by atoms with van der Waals surface area (Å²) in [4.78, 5) is 14.0. The first kappa shape index (κ1) is 12.7. The molecule has 1 aliphatic rings. The molecule has 0 radical (unpaired) electrons. The largest absolute Gasteiger partial charge is 0.312 e. The molecule has 3 heteroatoms. The van der Waals surface area contributed by atoms with Crippen LogP contribution in [0.1, 0.15) is 19.4 Å². The van der Waals surface area contributed by atoms with Crippen LogP contribution in [0.25, 0.3) is 0 Å². The highest BCUT2D eigenvalue weighted by atomic mass is 16.2. The number of amides is 1. The highest BCUT2D eigenvalue weighted by Crippen LogP contribution is 2.22. The zero-order chi connectivity index (χ0) is 13.2. The van der Waals surface area contributed by atoms with E-state index in [2.05, 4.69) is 11.2 Å². The molecule has 0 aromatic heterocycles. The standard InChI is InChI=1S/C15H18N2O/c1-4-10-17-14(18)13(16-15(17,2)3)11-12-8-6-5-7-9-12/h1,5-9,13,16H,10-11H2,2-3H3/t13-/m0/s1. The second-order valence-electron chi connectivity index (χ2n) is 5.07. The minimum Gasteiger partial charge on any atom is -0.312 e. The Balaban J connectivity index is 2.13. The van der Waals surface area contributed by atoms with Crippen molar-refractivity contribution < 1.29 is 4.79 Å². The van der Waals surface area contributed by atoms with Crippen LogP contribution in [0.15, 0.2) is 30.3 Å². The second-order valence-corrected chi connectivity index (χ2v) is 5.07. The van der Waals surface area contributed by atoms with Gasteiger partial charge in [0.1, 0.15) is 0 Å². The lowest BCUT2D eigenvalue weighted by Gasteiger charge is -2.29. The Morgan fingerprint density at radius 1 is 1.39 bits per heavy atom. The smallest absolute Gasteiger partial charge is 0.242 e. The zero-order valence-corrected chi connectivity index (χ0v) is 10.8.